The molecular weight excluding hydrogens is 1900 g/mol. The molecule has 8 N–H and O–H groups in total. The molecule has 0 spiro atoms. The molecule has 8 aliphatic rings. The standard InChI is InChI=1S/C55H57N7O11.C38H42ClN5O8.C18H17NO3/c1-31(58-50(63)16-10-11-17-51(64)71-5)52(65)59-32(2)53(66)60-37-19-33(29-72-48-25-42-40(23-46(48)69-3)54(67)61-38(27-56-42)21-35-12-6-8-14-44(35)61)18-34(20-37)30-73-49-26-43-41(24-47(49)70-4)55(68)62-39(28-57-43)22-36-13-7-9-15-45(36)62;1-22(41-34(45)11-7-8-12-35(46)51-4)36(47)42-23(2)37(48)43-27-14-24(19-39)13-25(15-27)21-52-33-18-30-29(17-32(33)50-3)38(49)44-28(20-40-30)16-26-9-5-6-10-31(26)44;1-22-17-10-14-11(9-16(17)20)6-7-13-8-12-4-2-3-5-15(12)19(13)18(14)21/h6-9,12-15,18-20,23-27,31-32,38-39,57H,10-11,16-17,21-22,28-30H2,1-5H3,(H,58,63)(H,59,65)(H,60,66);5-6,9-10,13-15,17-18,20,22-23,28H,7-8,11-12,16,19,21H2,1-4H3,(H,41,45)(H,42,47)(H,43,48);2-5,9-10,13,20H,6-8H2,1H3/t31-,32-,38-,39-;22-,23-,28-;13-/m001/s1. The normalized spacial score (nSPS) is 16.5. The van der Waals surface area contributed by atoms with E-state index >= 15 is 0 Å². The second-order valence-corrected chi connectivity index (χ2v) is 37.1. The number of phenolic OH excluding ortho intramolecular Hbond substituents is 1. The van der Waals surface area contributed by atoms with E-state index in [9.17, 15) is 62.6 Å². The molecule has 0 bridgehead atoms. The number of ether oxygens (including phenoxy) is 9. The second-order valence-electron chi connectivity index (χ2n) is 36.9. The Balaban J connectivity index is 0.000000180. The van der Waals surface area contributed by atoms with E-state index in [1.54, 1.807) is 95.0 Å². The first-order valence-corrected chi connectivity index (χ1v) is 49.2. The lowest BCUT2D eigenvalue weighted by Gasteiger charge is -2.23. The molecule has 0 saturated carbocycles. The van der Waals surface area contributed by atoms with E-state index in [0.717, 1.165) is 76.3 Å². The topological polar surface area (TPSA) is 430 Å². The Bertz CT molecular complexity index is 6850. The van der Waals surface area contributed by atoms with Crippen molar-refractivity contribution in [1.82, 2.24) is 21.3 Å². The summed E-state index contributed by atoms with van der Waals surface area (Å²) < 4.78 is 50.6. The number of aryl methyl sites for hydroxylation is 1. The van der Waals surface area contributed by atoms with Crippen molar-refractivity contribution in [2.24, 2.45) is 9.98 Å². The summed E-state index contributed by atoms with van der Waals surface area (Å²) in [5, 5.41) is 29.7. The molecule has 10 amide bonds. The van der Waals surface area contributed by atoms with Crippen LogP contribution in [0.5, 0.6) is 46.0 Å². The molecule has 0 aromatic heterocycles. The first kappa shape index (κ1) is 104. The van der Waals surface area contributed by atoms with Gasteiger partial charge < -0.3 is 94.8 Å². The fraction of sp³-hybridized carbons (Fsp3) is 0.333. The van der Waals surface area contributed by atoms with Crippen molar-refractivity contribution in [3.05, 3.63) is 254 Å². The van der Waals surface area contributed by atoms with Crippen LogP contribution >= 0.6 is 11.6 Å². The summed E-state index contributed by atoms with van der Waals surface area (Å²) in [5.41, 5.74) is 15.9. The molecule has 8 aliphatic heterocycles. The molecule has 8 heterocycles. The van der Waals surface area contributed by atoms with Gasteiger partial charge in [0.25, 0.3) is 23.6 Å². The maximum absolute atomic E-state index is 14.1. The highest BCUT2D eigenvalue weighted by molar-refractivity contribution is 6.18. The number of hydrogen-bond acceptors (Lipinski definition) is 25. The van der Waals surface area contributed by atoms with E-state index in [-0.39, 0.29) is 129 Å². The van der Waals surface area contributed by atoms with Gasteiger partial charge in [-0.2, -0.15) is 0 Å². The summed E-state index contributed by atoms with van der Waals surface area (Å²) in [4.78, 5) is 172. The van der Waals surface area contributed by atoms with Crippen molar-refractivity contribution >= 4 is 146 Å². The van der Waals surface area contributed by atoms with Crippen LogP contribution in [-0.4, -0.2) is 186 Å². The zero-order valence-corrected chi connectivity index (χ0v) is 83.9. The molecule has 36 heteroatoms. The third kappa shape index (κ3) is 23.7. The zero-order valence-electron chi connectivity index (χ0n) is 83.1. The Morgan fingerprint density at radius 3 is 1.20 bits per heavy atom. The highest BCUT2D eigenvalue weighted by atomic mass is 35.5. The smallest absolute Gasteiger partial charge is 0.305 e. The van der Waals surface area contributed by atoms with E-state index < -0.39 is 47.8 Å². The van der Waals surface area contributed by atoms with Crippen LogP contribution in [-0.2, 0) is 106 Å². The molecule has 8 atom stereocenters. The molecular formula is C111H116ClN13O22. The van der Waals surface area contributed by atoms with Crippen molar-refractivity contribution in [3.8, 4) is 46.0 Å². The minimum atomic E-state index is -1.02. The van der Waals surface area contributed by atoms with Gasteiger partial charge in [0.15, 0.2) is 46.0 Å². The van der Waals surface area contributed by atoms with Crippen LogP contribution in [0, 0.1) is 0 Å². The summed E-state index contributed by atoms with van der Waals surface area (Å²) in [7, 11) is 8.61. The number of methoxy groups -OCH3 is 6. The number of para-hydroxylation sites is 4. The Hall–Kier alpha value is -16.3. The van der Waals surface area contributed by atoms with Crippen LogP contribution in [0.4, 0.5) is 51.2 Å². The monoisotopic (exact) mass is 2020 g/mol. The molecule has 764 valence electrons. The van der Waals surface area contributed by atoms with Crippen LogP contribution in [0.1, 0.15) is 177 Å². The average molecular weight is 2020 g/mol. The number of fused-ring (bicyclic) bond motifs is 16. The highest BCUT2D eigenvalue weighted by Crippen LogP contribution is 2.47. The van der Waals surface area contributed by atoms with Crippen LogP contribution in [0.2, 0.25) is 0 Å². The Morgan fingerprint density at radius 1 is 0.395 bits per heavy atom. The molecule has 35 nitrogen and oxygen atoms in total. The van der Waals surface area contributed by atoms with Crippen LogP contribution in [0.3, 0.4) is 0 Å². The number of amides is 10. The third-order valence-corrected chi connectivity index (χ3v) is 27.1. The number of anilines is 7. The Morgan fingerprint density at radius 2 is 0.762 bits per heavy atom. The van der Waals surface area contributed by atoms with Gasteiger partial charge in [-0.3, -0.25) is 77.3 Å². The van der Waals surface area contributed by atoms with Crippen LogP contribution < -0.4 is 90.0 Å². The van der Waals surface area contributed by atoms with Gasteiger partial charge in [-0.25, -0.2) is 0 Å². The van der Waals surface area contributed by atoms with Crippen molar-refractivity contribution < 1.29 is 105 Å². The lowest BCUT2D eigenvalue weighted by Crippen LogP contribution is -2.50. The molecule has 18 rings (SSSR count). The number of phenols is 1. The van der Waals surface area contributed by atoms with Crippen LogP contribution in [0.15, 0.2) is 192 Å². The lowest BCUT2D eigenvalue weighted by atomic mass is 9.99. The molecule has 147 heavy (non-hydrogen) atoms. The molecule has 0 aliphatic carbocycles. The molecule has 10 aromatic rings. The molecule has 0 unspecified atom stereocenters. The van der Waals surface area contributed by atoms with E-state index in [1.807, 2.05) is 113 Å². The van der Waals surface area contributed by atoms with Gasteiger partial charge in [-0.1, -0.05) is 78.9 Å². The summed E-state index contributed by atoms with van der Waals surface area (Å²) in [6.45, 7) is 6.68. The van der Waals surface area contributed by atoms with Gasteiger partial charge in [0.05, 0.1) is 94.5 Å². The van der Waals surface area contributed by atoms with Gasteiger partial charge in [0.1, 0.15) is 44.0 Å². The number of rotatable bonds is 34. The SMILES string of the molecule is COC(=O)CCCCC(=O)N[C@@H](C)C(=O)N[C@@H](C)C(=O)Nc1cc(CCl)cc(COc2cc3c(cc2OC)C(=O)N2c4ccccc4C[C@H]2C=N3)c1.COC(=O)CCCCC(=O)N[C@@H](C)C(=O)N[C@@H](C)C(=O)Nc1cc(COc2cc3c(cc2OC)C(=O)N2c4ccccc4C[C@H]2C=N3)cc(COc2cc3c(cc2OC)C(=O)N2c4ccccc4C[C@H]2CN3)c1.COc1cc2c(cc1O)CC[C@@H]1Cc3ccccc3N1C2=O. The minimum Gasteiger partial charge on any atom is -0.504 e. The Labute approximate surface area is 854 Å². The number of benzene rings is 10. The number of esters is 2. The summed E-state index contributed by atoms with van der Waals surface area (Å²) >= 11 is 6.18. The van der Waals surface area contributed by atoms with Gasteiger partial charge >= 0.3 is 11.9 Å². The largest absolute Gasteiger partial charge is 0.504 e. The lowest BCUT2D eigenvalue weighted by molar-refractivity contribution is -0.141. The average Bonchev–Trinajstić information content (AvgIpc) is 1.62. The van der Waals surface area contributed by atoms with Crippen molar-refractivity contribution in [2.75, 3.05) is 84.8 Å². The van der Waals surface area contributed by atoms with Crippen molar-refractivity contribution in [3.63, 3.8) is 0 Å². The van der Waals surface area contributed by atoms with Crippen molar-refractivity contribution in [1.29, 1.82) is 0 Å². The predicted octanol–water partition coefficient (Wildman–Crippen LogP) is 14.7. The number of nitrogens with zero attached hydrogens (tertiary/aromatic N) is 6. The quantitative estimate of drug-likeness (QED) is 0.0105. The first-order chi connectivity index (χ1) is 71.0. The van der Waals surface area contributed by atoms with Gasteiger partial charge in [-0.05, 0) is 214 Å². The molecule has 10 aromatic carbocycles. The van der Waals surface area contributed by atoms with Gasteiger partial charge in [-0.15, -0.1) is 11.6 Å². The Kier molecular flexibility index (Phi) is 32.8. The number of carbonyl (C=O) groups excluding carboxylic acids is 12. The number of aromatic hydroxyl groups is 1. The number of unbranched alkanes of at least 4 members (excludes halogenated alkanes) is 2. The van der Waals surface area contributed by atoms with Crippen LogP contribution in [0.25, 0.3) is 0 Å². The number of halogens is 1. The summed E-state index contributed by atoms with van der Waals surface area (Å²) in [5.74, 6) is -1.29. The van der Waals surface area contributed by atoms with Crippen molar-refractivity contribution in [2.45, 2.75) is 192 Å². The highest BCUT2D eigenvalue weighted by Gasteiger charge is 2.43. The summed E-state index contributed by atoms with van der Waals surface area (Å²) in [6.07, 6.45) is 10.7. The number of hydrogen-bond donors (Lipinski definition) is 8. The molecule has 0 saturated heterocycles. The number of nitrogens with one attached hydrogen (secondary N) is 7. The van der Waals surface area contributed by atoms with Gasteiger partial charge in [0.2, 0.25) is 35.4 Å². The van der Waals surface area contributed by atoms with E-state index in [4.69, 9.17) is 49.8 Å². The molecule has 0 fully saturated rings. The second kappa shape index (κ2) is 46.6. The number of carbonyl (C=O) groups is 12. The first-order valence-electron chi connectivity index (χ1n) is 48.7. The minimum absolute atomic E-state index is 0.000694. The van der Waals surface area contributed by atoms with E-state index in [2.05, 4.69) is 57.8 Å². The predicted molar refractivity (Wildman–Crippen MR) is 554 cm³/mol. The third-order valence-electron chi connectivity index (χ3n) is 26.8. The van der Waals surface area contributed by atoms with E-state index in [1.165, 1.54) is 75.9 Å². The fourth-order valence-corrected chi connectivity index (χ4v) is 19.4. The zero-order chi connectivity index (χ0) is 104. The van der Waals surface area contributed by atoms with E-state index in [0.29, 0.717) is 153 Å². The number of aliphatic imine (C=N–C) groups is 2. The number of alkyl halides is 1. The molecule has 0 radical (unpaired) electrons. The maximum Gasteiger partial charge on any atom is 0.305 e. The fourth-order valence-electron chi connectivity index (χ4n) is 19.3. The summed E-state index contributed by atoms with van der Waals surface area (Å²) in [6, 6.07) is 51.6. The maximum atomic E-state index is 14.1. The van der Waals surface area contributed by atoms with Gasteiger partial charge in [0, 0.05) is 127 Å².